The summed E-state index contributed by atoms with van der Waals surface area (Å²) in [5.74, 6) is 4.66. The van der Waals surface area contributed by atoms with Gasteiger partial charge >= 0.3 is 0 Å². The first-order valence-electron chi connectivity index (χ1n) is 2.93. The summed E-state index contributed by atoms with van der Waals surface area (Å²) >= 11 is 0. The van der Waals surface area contributed by atoms with Crippen LogP contribution in [0.25, 0.3) is 0 Å². The molecule has 0 bridgehead atoms. The van der Waals surface area contributed by atoms with Gasteiger partial charge in [-0.05, 0) is 0 Å². The zero-order valence-electron chi connectivity index (χ0n) is 6.03. The normalized spacial score (nSPS) is 11.3. The fourth-order valence-electron chi connectivity index (χ4n) is 0.479. The molecule has 6 heteroatoms. The SMILES string of the molecule is NC(=O)CN(N)/C=C(\N)CO. The van der Waals surface area contributed by atoms with Crippen molar-refractivity contribution in [1.82, 2.24) is 5.01 Å². The van der Waals surface area contributed by atoms with Crippen LogP contribution in [0.4, 0.5) is 0 Å². The van der Waals surface area contributed by atoms with Crippen molar-refractivity contribution in [2.75, 3.05) is 13.2 Å². The Kier molecular flexibility index (Phi) is 4.01. The van der Waals surface area contributed by atoms with Crippen LogP contribution in [0.1, 0.15) is 0 Å². The van der Waals surface area contributed by atoms with Gasteiger partial charge in [-0.3, -0.25) is 4.79 Å². The van der Waals surface area contributed by atoms with Gasteiger partial charge in [0.15, 0.2) is 0 Å². The molecule has 6 nitrogen and oxygen atoms in total. The van der Waals surface area contributed by atoms with E-state index in [1.807, 2.05) is 0 Å². The number of carbonyl (C=O) groups is 1. The van der Waals surface area contributed by atoms with E-state index in [1.165, 1.54) is 6.20 Å². The van der Waals surface area contributed by atoms with Crippen LogP contribution in [-0.4, -0.2) is 29.2 Å². The highest BCUT2D eigenvalue weighted by Crippen LogP contribution is 1.83. The Hall–Kier alpha value is -1.27. The zero-order valence-corrected chi connectivity index (χ0v) is 6.03. The lowest BCUT2D eigenvalue weighted by atomic mass is 10.5. The molecule has 0 aromatic rings. The van der Waals surface area contributed by atoms with E-state index in [0.29, 0.717) is 0 Å². The second-order valence-electron chi connectivity index (χ2n) is 2.00. The molecule has 0 atom stereocenters. The molecular weight excluding hydrogens is 148 g/mol. The van der Waals surface area contributed by atoms with Gasteiger partial charge < -0.3 is 21.6 Å². The number of carbonyl (C=O) groups excluding carboxylic acids is 1. The number of aliphatic hydroxyl groups is 1. The van der Waals surface area contributed by atoms with E-state index in [1.54, 1.807) is 0 Å². The highest BCUT2D eigenvalue weighted by Gasteiger charge is 1.98. The minimum absolute atomic E-state index is 0.124. The van der Waals surface area contributed by atoms with Crippen LogP contribution in [0.2, 0.25) is 0 Å². The van der Waals surface area contributed by atoms with Crippen LogP contribution in [0.15, 0.2) is 11.9 Å². The predicted molar refractivity (Wildman–Crippen MR) is 39.4 cm³/mol. The first-order valence-corrected chi connectivity index (χ1v) is 2.93. The summed E-state index contributed by atoms with van der Waals surface area (Å²) in [5.41, 5.74) is 10.2. The number of rotatable bonds is 4. The Bertz CT molecular complexity index is 168. The van der Waals surface area contributed by atoms with E-state index < -0.39 is 5.91 Å². The second kappa shape index (κ2) is 4.53. The third-order valence-electron chi connectivity index (χ3n) is 0.853. The summed E-state index contributed by atoms with van der Waals surface area (Å²) in [6, 6.07) is 0. The average molecular weight is 160 g/mol. The van der Waals surface area contributed by atoms with Gasteiger partial charge in [0.25, 0.3) is 0 Å². The number of amides is 1. The van der Waals surface area contributed by atoms with Crippen molar-refractivity contribution >= 4 is 5.91 Å². The predicted octanol–water partition coefficient (Wildman–Crippen LogP) is -2.56. The molecule has 0 aromatic carbocycles. The molecule has 0 aliphatic rings. The Morgan fingerprint density at radius 3 is 2.45 bits per heavy atom. The lowest BCUT2D eigenvalue weighted by molar-refractivity contribution is -0.118. The lowest BCUT2D eigenvalue weighted by Crippen LogP contribution is -2.35. The number of primary amides is 1. The molecule has 0 rings (SSSR count). The van der Waals surface area contributed by atoms with Crippen molar-refractivity contribution in [1.29, 1.82) is 0 Å². The second-order valence-corrected chi connectivity index (χ2v) is 2.00. The maximum absolute atomic E-state index is 10.2. The molecule has 64 valence electrons. The standard InChI is InChI=1S/C5H12N4O2/c6-4(3-10)1-9(8)2-5(7)11/h1,10H,2-3,6,8H2,(H2,7,11)/b4-1-. The summed E-state index contributed by atoms with van der Waals surface area (Å²) in [4.78, 5) is 10.2. The Balaban J connectivity index is 3.85. The molecule has 0 aliphatic carbocycles. The van der Waals surface area contributed by atoms with Crippen LogP contribution < -0.4 is 17.3 Å². The highest BCUT2D eigenvalue weighted by atomic mass is 16.3. The topological polar surface area (TPSA) is 119 Å². The smallest absolute Gasteiger partial charge is 0.238 e. The maximum Gasteiger partial charge on any atom is 0.238 e. The van der Waals surface area contributed by atoms with E-state index in [0.717, 1.165) is 5.01 Å². The van der Waals surface area contributed by atoms with Crippen LogP contribution in [-0.2, 0) is 4.79 Å². The van der Waals surface area contributed by atoms with Gasteiger partial charge in [0.2, 0.25) is 5.91 Å². The molecule has 0 unspecified atom stereocenters. The molecular formula is C5H12N4O2. The van der Waals surface area contributed by atoms with E-state index in [9.17, 15) is 4.79 Å². The number of nitrogens with zero attached hydrogens (tertiary/aromatic N) is 1. The molecule has 11 heavy (non-hydrogen) atoms. The summed E-state index contributed by atoms with van der Waals surface area (Å²) < 4.78 is 0. The molecule has 1 amide bonds. The molecule has 0 saturated carbocycles. The van der Waals surface area contributed by atoms with Crippen molar-refractivity contribution in [3.63, 3.8) is 0 Å². The van der Waals surface area contributed by atoms with Gasteiger partial charge in [0.05, 0.1) is 12.3 Å². The van der Waals surface area contributed by atoms with Crippen LogP contribution in [0.5, 0.6) is 0 Å². The Morgan fingerprint density at radius 2 is 2.09 bits per heavy atom. The largest absolute Gasteiger partial charge is 0.399 e. The molecule has 7 N–H and O–H groups in total. The van der Waals surface area contributed by atoms with E-state index >= 15 is 0 Å². The monoisotopic (exact) mass is 160 g/mol. The van der Waals surface area contributed by atoms with Crippen molar-refractivity contribution < 1.29 is 9.90 Å². The molecule has 0 spiro atoms. The minimum Gasteiger partial charge on any atom is -0.399 e. The Morgan fingerprint density at radius 1 is 1.55 bits per heavy atom. The number of hydrogen-bond donors (Lipinski definition) is 4. The van der Waals surface area contributed by atoms with Gasteiger partial charge in [0.1, 0.15) is 6.54 Å². The Labute approximate surface area is 64.2 Å². The van der Waals surface area contributed by atoms with Crippen LogP contribution >= 0.6 is 0 Å². The lowest BCUT2D eigenvalue weighted by Gasteiger charge is -2.11. The summed E-state index contributed by atoms with van der Waals surface area (Å²) in [5, 5.41) is 9.43. The average Bonchev–Trinajstić information content (AvgIpc) is 1.85. The van der Waals surface area contributed by atoms with E-state index in [4.69, 9.17) is 22.4 Å². The van der Waals surface area contributed by atoms with Crippen molar-refractivity contribution in [2.45, 2.75) is 0 Å². The summed E-state index contributed by atoms with van der Waals surface area (Å²) in [7, 11) is 0. The van der Waals surface area contributed by atoms with Crippen molar-refractivity contribution in [3.8, 4) is 0 Å². The van der Waals surface area contributed by atoms with E-state index in [2.05, 4.69) is 0 Å². The number of hydrazine groups is 1. The van der Waals surface area contributed by atoms with Gasteiger partial charge in [0, 0.05) is 6.20 Å². The fourth-order valence-corrected chi connectivity index (χ4v) is 0.479. The summed E-state index contributed by atoms with van der Waals surface area (Å²) in [6.45, 7) is -0.423. The third-order valence-corrected chi connectivity index (χ3v) is 0.853. The van der Waals surface area contributed by atoms with Crippen molar-refractivity contribution in [2.24, 2.45) is 17.3 Å². The number of aliphatic hydroxyl groups excluding tert-OH is 1. The fraction of sp³-hybridized carbons (Fsp3) is 0.400. The minimum atomic E-state index is -0.561. The summed E-state index contributed by atoms with van der Waals surface area (Å²) in [6.07, 6.45) is 1.24. The molecule has 0 radical (unpaired) electrons. The van der Waals surface area contributed by atoms with Gasteiger partial charge in [-0.1, -0.05) is 0 Å². The molecule has 0 heterocycles. The molecule has 0 aliphatic heterocycles. The van der Waals surface area contributed by atoms with Crippen LogP contribution in [0, 0.1) is 0 Å². The van der Waals surface area contributed by atoms with Gasteiger partial charge in [-0.25, -0.2) is 5.84 Å². The first-order chi connectivity index (χ1) is 5.06. The molecule has 0 saturated heterocycles. The maximum atomic E-state index is 10.2. The third kappa shape index (κ3) is 5.19. The zero-order chi connectivity index (χ0) is 8.85. The van der Waals surface area contributed by atoms with Gasteiger partial charge in [-0.15, -0.1) is 0 Å². The quantitative estimate of drug-likeness (QED) is 0.266. The number of nitrogens with two attached hydrogens (primary N) is 3. The molecule has 0 fully saturated rings. The van der Waals surface area contributed by atoms with E-state index in [-0.39, 0.29) is 18.8 Å². The first kappa shape index (κ1) is 9.73. The molecule has 0 aromatic heterocycles. The highest BCUT2D eigenvalue weighted by molar-refractivity contribution is 5.75. The van der Waals surface area contributed by atoms with Crippen molar-refractivity contribution in [3.05, 3.63) is 11.9 Å². The number of hydrogen-bond acceptors (Lipinski definition) is 5. The van der Waals surface area contributed by atoms with Gasteiger partial charge in [-0.2, -0.15) is 0 Å². The van der Waals surface area contributed by atoms with Crippen LogP contribution in [0.3, 0.4) is 0 Å².